The fourth-order valence-electron chi connectivity index (χ4n) is 2.64. The van der Waals surface area contributed by atoms with Crippen molar-refractivity contribution in [2.75, 3.05) is 19.6 Å². The number of nitrogens with one attached hydrogen (secondary N) is 1. The molecule has 1 aromatic rings. The van der Waals surface area contributed by atoms with E-state index in [1.807, 2.05) is 0 Å². The van der Waals surface area contributed by atoms with Gasteiger partial charge in [-0.1, -0.05) is 32.0 Å². The highest BCUT2D eigenvalue weighted by Gasteiger charge is 2.15. The lowest BCUT2D eigenvalue weighted by molar-refractivity contribution is 0.295. The van der Waals surface area contributed by atoms with Gasteiger partial charge in [-0.2, -0.15) is 0 Å². The van der Waals surface area contributed by atoms with Gasteiger partial charge in [-0.3, -0.25) is 4.90 Å². The minimum absolute atomic E-state index is 0.515. The summed E-state index contributed by atoms with van der Waals surface area (Å²) in [7, 11) is 0. The average Bonchev–Trinajstić information content (AvgIpc) is 2.36. The van der Waals surface area contributed by atoms with Crippen LogP contribution in [0.2, 0.25) is 0 Å². The van der Waals surface area contributed by atoms with Crippen LogP contribution in [0.1, 0.15) is 43.5 Å². The van der Waals surface area contributed by atoms with Crippen LogP contribution in [0.4, 0.5) is 0 Å². The molecule has 2 rings (SSSR count). The van der Waals surface area contributed by atoms with Gasteiger partial charge in [0.05, 0.1) is 0 Å². The number of hydrogen-bond donors (Lipinski definition) is 1. The van der Waals surface area contributed by atoms with E-state index >= 15 is 0 Å². The number of benzene rings is 1. The zero-order valence-electron chi connectivity index (χ0n) is 11.3. The molecule has 1 heterocycles. The second-order valence-corrected chi connectivity index (χ2v) is 4.92. The summed E-state index contributed by atoms with van der Waals surface area (Å²) in [6.45, 7) is 11.2. The minimum Gasteiger partial charge on any atom is -0.310 e. The van der Waals surface area contributed by atoms with Crippen molar-refractivity contribution in [1.29, 1.82) is 0 Å². The standard InChI is InChI=1S/C15H24N2/c1-4-17(5-2)11-13-6-7-15-12(3)16-9-8-14(15)10-13/h6-7,10,12,16H,4-5,8-9,11H2,1-3H3. The summed E-state index contributed by atoms with van der Waals surface area (Å²) in [4.78, 5) is 2.46. The summed E-state index contributed by atoms with van der Waals surface area (Å²) in [5.74, 6) is 0. The Labute approximate surface area is 105 Å². The first-order valence-corrected chi connectivity index (χ1v) is 6.82. The second kappa shape index (κ2) is 5.65. The van der Waals surface area contributed by atoms with Crippen molar-refractivity contribution < 1.29 is 0 Å². The molecule has 1 aliphatic heterocycles. The zero-order chi connectivity index (χ0) is 12.3. The van der Waals surface area contributed by atoms with Crippen LogP contribution >= 0.6 is 0 Å². The molecule has 0 fully saturated rings. The molecule has 0 amide bonds. The molecule has 0 saturated carbocycles. The predicted octanol–water partition coefficient (Wildman–Crippen LogP) is 2.74. The van der Waals surface area contributed by atoms with Gasteiger partial charge in [0.2, 0.25) is 0 Å². The Kier molecular flexibility index (Phi) is 4.19. The molecule has 1 atom stereocenters. The Hall–Kier alpha value is -0.860. The zero-order valence-corrected chi connectivity index (χ0v) is 11.3. The lowest BCUT2D eigenvalue weighted by Crippen LogP contribution is -2.28. The molecule has 1 aliphatic rings. The van der Waals surface area contributed by atoms with Gasteiger partial charge in [0.15, 0.2) is 0 Å². The van der Waals surface area contributed by atoms with Gasteiger partial charge < -0.3 is 5.32 Å². The number of fused-ring (bicyclic) bond motifs is 1. The van der Waals surface area contributed by atoms with Gasteiger partial charge in [0.1, 0.15) is 0 Å². The lowest BCUT2D eigenvalue weighted by atomic mass is 9.93. The van der Waals surface area contributed by atoms with Crippen LogP contribution in [0, 0.1) is 0 Å². The highest BCUT2D eigenvalue weighted by Crippen LogP contribution is 2.23. The molecule has 0 aliphatic carbocycles. The first-order chi connectivity index (χ1) is 8.24. The van der Waals surface area contributed by atoms with E-state index in [0.717, 1.165) is 26.2 Å². The first kappa shape index (κ1) is 12.6. The summed E-state index contributed by atoms with van der Waals surface area (Å²) < 4.78 is 0. The van der Waals surface area contributed by atoms with Gasteiger partial charge in [0.25, 0.3) is 0 Å². The van der Waals surface area contributed by atoms with Gasteiger partial charge in [0, 0.05) is 12.6 Å². The summed E-state index contributed by atoms with van der Waals surface area (Å²) in [5.41, 5.74) is 4.49. The quantitative estimate of drug-likeness (QED) is 0.858. The molecule has 0 aromatic heterocycles. The Balaban J connectivity index is 2.15. The third-order valence-corrected chi connectivity index (χ3v) is 3.82. The summed E-state index contributed by atoms with van der Waals surface area (Å²) in [6, 6.07) is 7.53. The molecule has 2 nitrogen and oxygen atoms in total. The second-order valence-electron chi connectivity index (χ2n) is 4.92. The fraction of sp³-hybridized carbons (Fsp3) is 0.600. The van der Waals surface area contributed by atoms with Crippen LogP contribution in [0.3, 0.4) is 0 Å². The molecular weight excluding hydrogens is 208 g/mol. The van der Waals surface area contributed by atoms with E-state index in [1.165, 1.54) is 17.5 Å². The molecule has 0 spiro atoms. The minimum atomic E-state index is 0.515. The number of hydrogen-bond acceptors (Lipinski definition) is 2. The van der Waals surface area contributed by atoms with Crippen LogP contribution < -0.4 is 5.32 Å². The molecule has 94 valence electrons. The van der Waals surface area contributed by atoms with E-state index in [2.05, 4.69) is 49.2 Å². The SMILES string of the molecule is CCN(CC)Cc1ccc2c(c1)CCNC2C. The normalized spacial score (nSPS) is 19.4. The largest absolute Gasteiger partial charge is 0.310 e. The van der Waals surface area contributed by atoms with Crippen molar-refractivity contribution in [3.8, 4) is 0 Å². The van der Waals surface area contributed by atoms with Crippen molar-refractivity contribution in [3.63, 3.8) is 0 Å². The lowest BCUT2D eigenvalue weighted by Gasteiger charge is -2.25. The van der Waals surface area contributed by atoms with Crippen molar-refractivity contribution in [2.24, 2.45) is 0 Å². The Morgan fingerprint density at radius 2 is 2.06 bits per heavy atom. The molecular formula is C15H24N2. The maximum Gasteiger partial charge on any atom is 0.0294 e. The number of rotatable bonds is 4. The topological polar surface area (TPSA) is 15.3 Å². The van der Waals surface area contributed by atoms with E-state index in [-0.39, 0.29) is 0 Å². The highest BCUT2D eigenvalue weighted by molar-refractivity contribution is 5.36. The Morgan fingerprint density at radius 3 is 2.76 bits per heavy atom. The third-order valence-electron chi connectivity index (χ3n) is 3.82. The summed E-state index contributed by atoms with van der Waals surface area (Å²) in [6.07, 6.45) is 1.17. The van der Waals surface area contributed by atoms with Gasteiger partial charge in [-0.25, -0.2) is 0 Å². The summed E-state index contributed by atoms with van der Waals surface area (Å²) in [5, 5.41) is 3.51. The molecule has 1 N–H and O–H groups in total. The van der Waals surface area contributed by atoms with Crippen LogP contribution in [-0.4, -0.2) is 24.5 Å². The number of nitrogens with zero attached hydrogens (tertiary/aromatic N) is 1. The first-order valence-electron chi connectivity index (χ1n) is 6.82. The van der Waals surface area contributed by atoms with Crippen molar-refractivity contribution >= 4 is 0 Å². The maximum absolute atomic E-state index is 3.51. The van der Waals surface area contributed by atoms with Crippen LogP contribution in [0.25, 0.3) is 0 Å². The molecule has 1 unspecified atom stereocenters. The maximum atomic E-state index is 3.51. The van der Waals surface area contributed by atoms with E-state index in [4.69, 9.17) is 0 Å². The molecule has 17 heavy (non-hydrogen) atoms. The molecule has 0 saturated heterocycles. The van der Waals surface area contributed by atoms with Gasteiger partial charge >= 0.3 is 0 Å². The molecule has 0 bridgehead atoms. The monoisotopic (exact) mass is 232 g/mol. The third kappa shape index (κ3) is 2.88. The molecule has 2 heteroatoms. The Morgan fingerprint density at radius 1 is 1.29 bits per heavy atom. The highest BCUT2D eigenvalue weighted by atomic mass is 15.1. The van der Waals surface area contributed by atoms with Gasteiger partial charge in [-0.05, 0) is 49.7 Å². The van der Waals surface area contributed by atoms with E-state index in [0.29, 0.717) is 6.04 Å². The average molecular weight is 232 g/mol. The predicted molar refractivity (Wildman–Crippen MR) is 73.2 cm³/mol. The van der Waals surface area contributed by atoms with Crippen molar-refractivity contribution in [1.82, 2.24) is 10.2 Å². The Bertz CT molecular complexity index is 369. The van der Waals surface area contributed by atoms with Crippen LogP contribution in [0.5, 0.6) is 0 Å². The van der Waals surface area contributed by atoms with Gasteiger partial charge in [-0.15, -0.1) is 0 Å². The smallest absolute Gasteiger partial charge is 0.0294 e. The van der Waals surface area contributed by atoms with E-state index in [9.17, 15) is 0 Å². The fourth-order valence-corrected chi connectivity index (χ4v) is 2.64. The summed E-state index contributed by atoms with van der Waals surface area (Å²) >= 11 is 0. The molecule has 1 aromatic carbocycles. The van der Waals surface area contributed by atoms with Crippen molar-refractivity contribution in [3.05, 3.63) is 34.9 Å². The van der Waals surface area contributed by atoms with E-state index in [1.54, 1.807) is 5.56 Å². The van der Waals surface area contributed by atoms with E-state index < -0.39 is 0 Å². The van der Waals surface area contributed by atoms with Crippen LogP contribution in [0.15, 0.2) is 18.2 Å². The molecule has 0 radical (unpaired) electrons. The van der Waals surface area contributed by atoms with Crippen molar-refractivity contribution in [2.45, 2.75) is 39.8 Å². The van der Waals surface area contributed by atoms with Crippen LogP contribution in [-0.2, 0) is 13.0 Å².